The molecule has 0 radical (unpaired) electrons. The van der Waals surface area contributed by atoms with E-state index < -0.39 is 0 Å². The molecule has 1 aromatic carbocycles. The molecule has 1 rings (SSSR count). The van der Waals surface area contributed by atoms with E-state index in [0.717, 1.165) is 12.8 Å². The highest BCUT2D eigenvalue weighted by Gasteiger charge is 2.14. The van der Waals surface area contributed by atoms with Crippen molar-refractivity contribution >= 4 is 23.4 Å². The second kappa shape index (κ2) is 7.01. The van der Waals surface area contributed by atoms with Crippen molar-refractivity contribution in [2.45, 2.75) is 26.7 Å². The van der Waals surface area contributed by atoms with Gasteiger partial charge in [-0.25, -0.2) is 0 Å². The van der Waals surface area contributed by atoms with Gasteiger partial charge in [-0.2, -0.15) is 0 Å². The Morgan fingerprint density at radius 2 is 1.89 bits per heavy atom. The summed E-state index contributed by atoms with van der Waals surface area (Å²) in [7, 11) is 0. The van der Waals surface area contributed by atoms with Gasteiger partial charge in [-0.15, -0.1) is 0 Å². The third kappa shape index (κ3) is 4.04. The highest BCUT2D eigenvalue weighted by molar-refractivity contribution is 6.30. The maximum absolute atomic E-state index is 11.7. The number of carbonyl (C=O) groups excluding carboxylic acids is 2. The maximum Gasteiger partial charge on any atom is 0.269 e. The van der Waals surface area contributed by atoms with Gasteiger partial charge in [-0.1, -0.05) is 31.5 Å². The van der Waals surface area contributed by atoms with E-state index in [0.29, 0.717) is 10.6 Å². The Labute approximate surface area is 112 Å². The first kappa shape index (κ1) is 14.5. The van der Waals surface area contributed by atoms with Crippen LogP contribution in [0.1, 0.15) is 37.0 Å². The van der Waals surface area contributed by atoms with Crippen LogP contribution in [0.4, 0.5) is 0 Å². The Morgan fingerprint density at radius 1 is 1.22 bits per heavy atom. The van der Waals surface area contributed by atoms with E-state index in [2.05, 4.69) is 10.9 Å². The van der Waals surface area contributed by atoms with Crippen molar-refractivity contribution in [1.29, 1.82) is 0 Å². The predicted molar refractivity (Wildman–Crippen MR) is 71.1 cm³/mol. The molecule has 0 saturated carbocycles. The minimum atomic E-state index is -0.378. The van der Waals surface area contributed by atoms with Crippen LogP contribution in [0.3, 0.4) is 0 Å². The first-order valence-corrected chi connectivity index (χ1v) is 6.32. The Bertz CT molecular complexity index is 431. The molecule has 0 fully saturated rings. The highest BCUT2D eigenvalue weighted by atomic mass is 35.5. The third-order valence-corrected chi connectivity index (χ3v) is 2.98. The molecule has 18 heavy (non-hydrogen) atoms. The second-order valence-electron chi connectivity index (χ2n) is 3.97. The summed E-state index contributed by atoms with van der Waals surface area (Å²) in [5.74, 6) is -0.628. The molecule has 0 aromatic heterocycles. The van der Waals surface area contributed by atoms with Crippen LogP contribution >= 0.6 is 11.6 Å². The molecule has 2 amide bonds. The molecule has 2 N–H and O–H groups in total. The number of rotatable bonds is 4. The van der Waals surface area contributed by atoms with Crippen molar-refractivity contribution in [3.63, 3.8) is 0 Å². The van der Waals surface area contributed by atoms with Crippen molar-refractivity contribution in [1.82, 2.24) is 10.9 Å². The Hall–Kier alpha value is -1.55. The largest absolute Gasteiger partial charge is 0.273 e. The zero-order chi connectivity index (χ0) is 13.5. The van der Waals surface area contributed by atoms with Crippen LogP contribution in [-0.2, 0) is 4.79 Å². The lowest BCUT2D eigenvalue weighted by molar-refractivity contribution is -0.125. The van der Waals surface area contributed by atoms with E-state index in [9.17, 15) is 9.59 Å². The summed E-state index contributed by atoms with van der Waals surface area (Å²) in [6.45, 7) is 3.87. The minimum absolute atomic E-state index is 0.0790. The van der Waals surface area contributed by atoms with Crippen molar-refractivity contribution in [2.75, 3.05) is 0 Å². The molecule has 0 atom stereocenters. The molecule has 0 aliphatic carbocycles. The highest BCUT2D eigenvalue weighted by Crippen LogP contribution is 2.10. The number of hydrogen-bond acceptors (Lipinski definition) is 2. The van der Waals surface area contributed by atoms with Gasteiger partial charge in [-0.05, 0) is 31.0 Å². The Morgan fingerprint density at radius 3 is 2.44 bits per heavy atom. The standard InChI is InChI=1S/C13H17ClN2O2/c1-3-9(4-2)12(17)15-16-13(18)10-6-5-7-11(14)8-10/h5-9H,3-4H2,1-2H3,(H,15,17)(H,16,18). The van der Waals surface area contributed by atoms with E-state index in [1.54, 1.807) is 24.3 Å². The molecular weight excluding hydrogens is 252 g/mol. The zero-order valence-corrected chi connectivity index (χ0v) is 11.3. The van der Waals surface area contributed by atoms with Crippen LogP contribution in [0, 0.1) is 5.92 Å². The molecule has 0 bridgehead atoms. The fourth-order valence-corrected chi connectivity index (χ4v) is 1.77. The lowest BCUT2D eigenvalue weighted by Gasteiger charge is -2.13. The van der Waals surface area contributed by atoms with Gasteiger partial charge in [0.2, 0.25) is 5.91 Å². The lowest BCUT2D eigenvalue weighted by atomic mass is 10.0. The lowest BCUT2D eigenvalue weighted by Crippen LogP contribution is -2.44. The first-order chi connectivity index (χ1) is 8.58. The monoisotopic (exact) mass is 268 g/mol. The molecular formula is C13H17ClN2O2. The van der Waals surface area contributed by atoms with E-state index in [4.69, 9.17) is 11.6 Å². The van der Waals surface area contributed by atoms with Crippen molar-refractivity contribution in [2.24, 2.45) is 5.92 Å². The summed E-state index contributed by atoms with van der Waals surface area (Å²) >= 11 is 5.78. The van der Waals surface area contributed by atoms with Gasteiger partial charge in [0.25, 0.3) is 5.91 Å². The fourth-order valence-electron chi connectivity index (χ4n) is 1.58. The number of amides is 2. The fraction of sp³-hybridized carbons (Fsp3) is 0.385. The van der Waals surface area contributed by atoms with Crippen molar-refractivity contribution in [3.8, 4) is 0 Å². The molecule has 5 heteroatoms. The summed E-state index contributed by atoms with van der Waals surface area (Å²) < 4.78 is 0. The normalized spacial score (nSPS) is 10.2. The Kier molecular flexibility index (Phi) is 5.65. The van der Waals surface area contributed by atoms with Crippen LogP contribution in [0.25, 0.3) is 0 Å². The van der Waals surface area contributed by atoms with Crippen molar-refractivity contribution < 1.29 is 9.59 Å². The first-order valence-electron chi connectivity index (χ1n) is 5.94. The van der Waals surface area contributed by atoms with E-state index in [1.165, 1.54) is 0 Å². The molecule has 0 saturated heterocycles. The predicted octanol–water partition coefficient (Wildman–Crippen LogP) is 2.54. The van der Waals surface area contributed by atoms with Crippen LogP contribution in [0.5, 0.6) is 0 Å². The summed E-state index contributed by atoms with van der Waals surface area (Å²) in [6, 6.07) is 6.53. The van der Waals surface area contributed by atoms with E-state index >= 15 is 0 Å². The third-order valence-electron chi connectivity index (χ3n) is 2.74. The van der Waals surface area contributed by atoms with Gasteiger partial charge in [0, 0.05) is 16.5 Å². The van der Waals surface area contributed by atoms with E-state index in [-0.39, 0.29) is 17.7 Å². The summed E-state index contributed by atoms with van der Waals surface area (Å²) in [6.07, 6.45) is 1.49. The van der Waals surface area contributed by atoms with E-state index in [1.807, 2.05) is 13.8 Å². The number of nitrogens with one attached hydrogen (secondary N) is 2. The molecule has 0 unspecified atom stereocenters. The average Bonchev–Trinajstić information content (AvgIpc) is 2.37. The molecule has 98 valence electrons. The summed E-state index contributed by atoms with van der Waals surface area (Å²) in [5, 5.41) is 0.481. The molecule has 0 heterocycles. The number of hydrazine groups is 1. The van der Waals surface area contributed by atoms with Crippen LogP contribution in [0.2, 0.25) is 5.02 Å². The van der Waals surface area contributed by atoms with Gasteiger partial charge < -0.3 is 0 Å². The topological polar surface area (TPSA) is 58.2 Å². The summed E-state index contributed by atoms with van der Waals surface area (Å²) in [5.41, 5.74) is 5.21. The zero-order valence-electron chi connectivity index (χ0n) is 10.5. The van der Waals surface area contributed by atoms with Gasteiger partial charge in [0.15, 0.2) is 0 Å². The Balaban J connectivity index is 2.54. The summed E-state index contributed by atoms with van der Waals surface area (Å²) in [4.78, 5) is 23.4. The molecule has 0 spiro atoms. The number of benzene rings is 1. The number of halogens is 1. The van der Waals surface area contributed by atoms with Gasteiger partial charge in [-0.3, -0.25) is 20.4 Å². The minimum Gasteiger partial charge on any atom is -0.273 e. The SMILES string of the molecule is CCC(CC)C(=O)NNC(=O)c1cccc(Cl)c1. The van der Waals surface area contributed by atoms with Gasteiger partial charge >= 0.3 is 0 Å². The molecule has 0 aliphatic rings. The van der Waals surface area contributed by atoms with Crippen LogP contribution in [0.15, 0.2) is 24.3 Å². The average molecular weight is 269 g/mol. The van der Waals surface area contributed by atoms with Gasteiger partial charge in [0.1, 0.15) is 0 Å². The second-order valence-corrected chi connectivity index (χ2v) is 4.40. The maximum atomic E-state index is 11.7. The smallest absolute Gasteiger partial charge is 0.269 e. The molecule has 4 nitrogen and oxygen atoms in total. The molecule has 1 aromatic rings. The van der Waals surface area contributed by atoms with Crippen molar-refractivity contribution in [3.05, 3.63) is 34.9 Å². The number of carbonyl (C=O) groups is 2. The number of hydrogen-bond donors (Lipinski definition) is 2. The van der Waals surface area contributed by atoms with Crippen LogP contribution in [-0.4, -0.2) is 11.8 Å². The quantitative estimate of drug-likeness (QED) is 0.825. The van der Waals surface area contributed by atoms with Crippen LogP contribution < -0.4 is 10.9 Å². The van der Waals surface area contributed by atoms with Gasteiger partial charge in [0.05, 0.1) is 0 Å². The molecule has 0 aliphatic heterocycles.